The maximum Gasteiger partial charge on any atom is 0.255 e. The molecule has 156 valence electrons. The third-order valence-electron chi connectivity index (χ3n) is 5.18. The lowest BCUT2D eigenvalue weighted by Gasteiger charge is -2.30. The average Bonchev–Trinajstić information content (AvgIpc) is 3.11. The van der Waals surface area contributed by atoms with Gasteiger partial charge >= 0.3 is 0 Å². The Morgan fingerprint density at radius 2 is 1.83 bits per heavy atom. The monoisotopic (exact) mass is 407 g/mol. The number of anilines is 2. The molecule has 0 atom stereocenters. The predicted octanol–water partition coefficient (Wildman–Crippen LogP) is 3.96. The summed E-state index contributed by atoms with van der Waals surface area (Å²) < 4.78 is 16.4. The van der Waals surface area contributed by atoms with Gasteiger partial charge in [0.05, 0.1) is 35.8 Å². The largest absolute Gasteiger partial charge is 0.489 e. The molecule has 0 aliphatic carbocycles. The van der Waals surface area contributed by atoms with Crippen LogP contribution in [-0.2, 0) is 11.3 Å². The number of ether oxygens (including phenoxy) is 2. The number of rotatable bonds is 6. The van der Waals surface area contributed by atoms with E-state index in [0.29, 0.717) is 31.1 Å². The highest BCUT2D eigenvalue weighted by atomic mass is 16.5. The van der Waals surface area contributed by atoms with Crippen molar-refractivity contribution in [1.82, 2.24) is 5.16 Å². The molecule has 2 aromatic carbocycles. The first-order valence-corrected chi connectivity index (χ1v) is 9.99. The Morgan fingerprint density at radius 3 is 2.53 bits per heavy atom. The number of morpholine rings is 1. The van der Waals surface area contributed by atoms with Crippen LogP contribution in [0.4, 0.5) is 11.4 Å². The number of hydrogen-bond acceptors (Lipinski definition) is 6. The van der Waals surface area contributed by atoms with Gasteiger partial charge in [-0.2, -0.15) is 0 Å². The summed E-state index contributed by atoms with van der Waals surface area (Å²) in [5.41, 5.74) is 4.13. The molecule has 1 aromatic heterocycles. The van der Waals surface area contributed by atoms with E-state index in [4.69, 9.17) is 14.0 Å². The molecule has 1 N–H and O–H groups in total. The van der Waals surface area contributed by atoms with E-state index in [1.165, 1.54) is 0 Å². The minimum atomic E-state index is -0.159. The summed E-state index contributed by atoms with van der Waals surface area (Å²) in [6, 6.07) is 14.9. The van der Waals surface area contributed by atoms with Crippen molar-refractivity contribution in [3.63, 3.8) is 0 Å². The standard InChI is InChI=1S/C23H25N3O4/c1-16-20(17(2)30-25-16)15-29-19-9-7-18(8-10-19)23(27)24-21-5-3-4-6-22(21)26-11-13-28-14-12-26/h3-10H,11-15H2,1-2H3,(H,24,27). The van der Waals surface area contributed by atoms with Crippen molar-refractivity contribution in [2.45, 2.75) is 20.5 Å². The zero-order chi connectivity index (χ0) is 20.9. The van der Waals surface area contributed by atoms with Crippen molar-refractivity contribution in [3.8, 4) is 5.75 Å². The summed E-state index contributed by atoms with van der Waals surface area (Å²) in [7, 11) is 0. The minimum Gasteiger partial charge on any atom is -0.489 e. The van der Waals surface area contributed by atoms with Gasteiger partial charge in [-0.15, -0.1) is 0 Å². The Balaban J connectivity index is 1.41. The molecule has 4 rings (SSSR count). The molecule has 7 nitrogen and oxygen atoms in total. The quantitative estimate of drug-likeness (QED) is 0.667. The maximum atomic E-state index is 12.8. The Hall–Kier alpha value is -3.32. The SMILES string of the molecule is Cc1noc(C)c1COc1ccc(C(=O)Nc2ccccc2N2CCOCC2)cc1. The molecule has 0 saturated carbocycles. The second-order valence-electron chi connectivity index (χ2n) is 7.19. The number of amides is 1. The lowest BCUT2D eigenvalue weighted by atomic mass is 10.1. The highest BCUT2D eigenvalue weighted by Crippen LogP contribution is 2.27. The van der Waals surface area contributed by atoms with Gasteiger partial charge < -0.3 is 24.2 Å². The Kier molecular flexibility index (Phi) is 5.99. The smallest absolute Gasteiger partial charge is 0.255 e. The van der Waals surface area contributed by atoms with Crippen LogP contribution in [0.5, 0.6) is 5.75 Å². The predicted molar refractivity (Wildman–Crippen MR) is 114 cm³/mol. The summed E-state index contributed by atoms with van der Waals surface area (Å²) >= 11 is 0. The lowest BCUT2D eigenvalue weighted by molar-refractivity contribution is 0.102. The number of benzene rings is 2. The van der Waals surface area contributed by atoms with E-state index in [2.05, 4.69) is 15.4 Å². The van der Waals surface area contributed by atoms with Crippen LogP contribution in [0.2, 0.25) is 0 Å². The van der Waals surface area contributed by atoms with Gasteiger partial charge in [0.1, 0.15) is 18.1 Å². The van der Waals surface area contributed by atoms with Crippen LogP contribution >= 0.6 is 0 Å². The zero-order valence-corrected chi connectivity index (χ0v) is 17.2. The van der Waals surface area contributed by atoms with Crippen LogP contribution in [0.15, 0.2) is 53.1 Å². The molecule has 1 fully saturated rings. The first-order valence-electron chi connectivity index (χ1n) is 9.99. The molecule has 3 aromatic rings. The van der Waals surface area contributed by atoms with Gasteiger partial charge in [-0.1, -0.05) is 17.3 Å². The zero-order valence-electron chi connectivity index (χ0n) is 17.2. The van der Waals surface area contributed by atoms with E-state index in [0.717, 1.165) is 41.5 Å². The van der Waals surface area contributed by atoms with E-state index in [-0.39, 0.29) is 5.91 Å². The van der Waals surface area contributed by atoms with E-state index >= 15 is 0 Å². The van der Waals surface area contributed by atoms with E-state index in [1.54, 1.807) is 24.3 Å². The van der Waals surface area contributed by atoms with Crippen LogP contribution in [-0.4, -0.2) is 37.4 Å². The molecule has 0 bridgehead atoms. The number of hydrogen-bond donors (Lipinski definition) is 1. The maximum absolute atomic E-state index is 12.8. The molecule has 1 aliphatic heterocycles. The molecule has 0 spiro atoms. The van der Waals surface area contributed by atoms with Crippen molar-refractivity contribution in [2.24, 2.45) is 0 Å². The van der Waals surface area contributed by atoms with Gasteiger partial charge in [0.25, 0.3) is 5.91 Å². The van der Waals surface area contributed by atoms with Gasteiger partial charge in [0.15, 0.2) is 0 Å². The van der Waals surface area contributed by atoms with Crippen molar-refractivity contribution in [2.75, 3.05) is 36.5 Å². The van der Waals surface area contributed by atoms with Gasteiger partial charge in [-0.3, -0.25) is 4.79 Å². The number of nitrogens with one attached hydrogen (secondary N) is 1. The molecule has 0 unspecified atom stereocenters. The van der Waals surface area contributed by atoms with E-state index < -0.39 is 0 Å². The first kappa shape index (κ1) is 20.0. The fourth-order valence-corrected chi connectivity index (χ4v) is 3.42. The van der Waals surface area contributed by atoms with Crippen LogP contribution in [0.1, 0.15) is 27.4 Å². The Labute approximate surface area is 175 Å². The van der Waals surface area contributed by atoms with Crippen molar-refractivity contribution in [3.05, 3.63) is 71.1 Å². The van der Waals surface area contributed by atoms with Gasteiger partial charge in [0, 0.05) is 18.7 Å². The third kappa shape index (κ3) is 4.46. The number of carbonyl (C=O) groups is 1. The van der Waals surface area contributed by atoms with Gasteiger partial charge in [-0.05, 0) is 50.2 Å². The van der Waals surface area contributed by atoms with Crippen molar-refractivity contribution >= 4 is 17.3 Å². The number of aromatic nitrogens is 1. The normalized spacial score (nSPS) is 13.9. The highest BCUT2D eigenvalue weighted by Gasteiger charge is 2.16. The van der Waals surface area contributed by atoms with Crippen molar-refractivity contribution < 1.29 is 18.8 Å². The fraction of sp³-hybridized carbons (Fsp3) is 0.304. The minimum absolute atomic E-state index is 0.159. The number of aryl methyl sites for hydroxylation is 2. The summed E-state index contributed by atoms with van der Waals surface area (Å²) in [5.74, 6) is 1.27. The number of para-hydroxylation sites is 2. The lowest BCUT2D eigenvalue weighted by Crippen LogP contribution is -2.36. The molecule has 1 saturated heterocycles. The molecule has 2 heterocycles. The fourth-order valence-electron chi connectivity index (χ4n) is 3.42. The molecular weight excluding hydrogens is 382 g/mol. The number of carbonyl (C=O) groups excluding carboxylic acids is 1. The van der Waals surface area contributed by atoms with Crippen LogP contribution in [0.3, 0.4) is 0 Å². The molecular formula is C23H25N3O4. The molecule has 0 radical (unpaired) electrons. The number of nitrogens with zero attached hydrogens (tertiary/aromatic N) is 2. The van der Waals surface area contributed by atoms with Crippen LogP contribution in [0, 0.1) is 13.8 Å². The Morgan fingerprint density at radius 1 is 1.10 bits per heavy atom. The molecule has 1 amide bonds. The van der Waals surface area contributed by atoms with E-state index in [9.17, 15) is 4.79 Å². The van der Waals surface area contributed by atoms with Crippen LogP contribution < -0.4 is 15.0 Å². The second-order valence-corrected chi connectivity index (χ2v) is 7.19. The summed E-state index contributed by atoms with van der Waals surface area (Å²) in [5, 5.41) is 6.96. The summed E-state index contributed by atoms with van der Waals surface area (Å²) in [6.07, 6.45) is 0. The molecule has 1 aliphatic rings. The Bertz CT molecular complexity index is 988. The van der Waals surface area contributed by atoms with Gasteiger partial charge in [0.2, 0.25) is 0 Å². The van der Waals surface area contributed by atoms with Gasteiger partial charge in [-0.25, -0.2) is 0 Å². The second kappa shape index (κ2) is 9.00. The summed E-state index contributed by atoms with van der Waals surface area (Å²) in [6.45, 7) is 7.13. The van der Waals surface area contributed by atoms with Crippen LogP contribution in [0.25, 0.3) is 0 Å². The molecule has 7 heteroatoms. The average molecular weight is 407 g/mol. The third-order valence-corrected chi connectivity index (χ3v) is 5.18. The topological polar surface area (TPSA) is 76.8 Å². The van der Waals surface area contributed by atoms with E-state index in [1.807, 2.05) is 38.1 Å². The highest BCUT2D eigenvalue weighted by molar-refractivity contribution is 6.06. The van der Waals surface area contributed by atoms with Crippen molar-refractivity contribution in [1.29, 1.82) is 0 Å². The summed E-state index contributed by atoms with van der Waals surface area (Å²) in [4.78, 5) is 15.0. The molecule has 30 heavy (non-hydrogen) atoms. The first-order chi connectivity index (χ1) is 14.6.